The Balaban J connectivity index is 0. The van der Waals surface area contributed by atoms with Crippen molar-refractivity contribution in [2.45, 2.75) is 65.2 Å². The molecule has 8 nitrogen and oxygen atoms in total. The van der Waals surface area contributed by atoms with Crippen LogP contribution < -0.4 is 21.3 Å². The van der Waals surface area contributed by atoms with Crippen LogP contribution in [0.4, 0.5) is 0 Å². The largest absolute Gasteiger partial charge is 0.359 e. The van der Waals surface area contributed by atoms with Crippen LogP contribution in [0.2, 0.25) is 0 Å². The van der Waals surface area contributed by atoms with Crippen molar-refractivity contribution in [3.05, 3.63) is 0 Å². The third kappa shape index (κ3) is 19.9. The summed E-state index contributed by atoms with van der Waals surface area (Å²) in [6.45, 7) is 5.45. The van der Waals surface area contributed by atoms with E-state index in [-0.39, 0.29) is 23.6 Å². The lowest BCUT2D eigenvalue weighted by Crippen LogP contribution is -2.24. The fraction of sp³-hybridized carbons (Fsp3) is 0.778. The van der Waals surface area contributed by atoms with Gasteiger partial charge in [0.2, 0.25) is 23.6 Å². The summed E-state index contributed by atoms with van der Waals surface area (Å²) >= 11 is 0. The van der Waals surface area contributed by atoms with E-state index in [1.807, 2.05) is 13.8 Å². The van der Waals surface area contributed by atoms with Crippen molar-refractivity contribution in [2.75, 3.05) is 27.2 Å². The van der Waals surface area contributed by atoms with Crippen molar-refractivity contribution >= 4 is 23.6 Å². The number of hydrogen-bond donors (Lipinski definition) is 4. The summed E-state index contributed by atoms with van der Waals surface area (Å²) in [6.07, 6.45) is 4.86. The molecule has 152 valence electrons. The number of carbonyl (C=O) groups excluding carboxylic acids is 4. The Morgan fingerprint density at radius 1 is 0.577 bits per heavy atom. The zero-order valence-electron chi connectivity index (χ0n) is 16.7. The molecule has 0 atom stereocenters. The molecule has 0 bridgehead atoms. The number of rotatable bonds is 12. The van der Waals surface area contributed by atoms with E-state index in [1.54, 1.807) is 14.1 Å². The van der Waals surface area contributed by atoms with Crippen LogP contribution >= 0.6 is 0 Å². The highest BCUT2D eigenvalue weighted by Gasteiger charge is 2.03. The van der Waals surface area contributed by atoms with Gasteiger partial charge in [-0.25, -0.2) is 0 Å². The van der Waals surface area contributed by atoms with Crippen LogP contribution in [0, 0.1) is 0 Å². The first-order valence-electron chi connectivity index (χ1n) is 9.35. The third-order valence-electron chi connectivity index (χ3n) is 3.32. The van der Waals surface area contributed by atoms with Crippen molar-refractivity contribution in [2.24, 2.45) is 0 Å². The molecule has 4 N–H and O–H groups in total. The van der Waals surface area contributed by atoms with E-state index in [0.29, 0.717) is 38.5 Å². The van der Waals surface area contributed by atoms with Gasteiger partial charge in [-0.05, 0) is 25.7 Å². The van der Waals surface area contributed by atoms with Crippen LogP contribution in [0.15, 0.2) is 0 Å². The Kier molecular flexibility index (Phi) is 19.3. The molecule has 26 heavy (non-hydrogen) atoms. The maximum atomic E-state index is 11.0. The Labute approximate surface area is 157 Å². The Bertz CT molecular complexity index is 376. The third-order valence-corrected chi connectivity index (χ3v) is 3.32. The van der Waals surface area contributed by atoms with Crippen molar-refractivity contribution in [3.63, 3.8) is 0 Å². The Morgan fingerprint density at radius 3 is 1.15 bits per heavy atom. The van der Waals surface area contributed by atoms with Crippen molar-refractivity contribution in [3.8, 4) is 0 Å². The van der Waals surface area contributed by atoms with E-state index in [9.17, 15) is 19.2 Å². The summed E-state index contributed by atoms with van der Waals surface area (Å²) in [4.78, 5) is 43.6. The second-order valence-corrected chi connectivity index (χ2v) is 5.75. The van der Waals surface area contributed by atoms with Crippen molar-refractivity contribution < 1.29 is 19.2 Å². The molecule has 8 heteroatoms. The Morgan fingerprint density at radius 2 is 0.885 bits per heavy atom. The quantitative estimate of drug-likeness (QED) is 0.406. The second kappa shape index (κ2) is 19.2. The van der Waals surface area contributed by atoms with Gasteiger partial charge in [0, 0.05) is 52.9 Å². The zero-order valence-corrected chi connectivity index (χ0v) is 16.7. The molecule has 0 aromatic rings. The molecule has 0 aromatic carbocycles. The van der Waals surface area contributed by atoms with Gasteiger partial charge in [-0.15, -0.1) is 0 Å². The number of hydrogen-bond acceptors (Lipinski definition) is 4. The number of nitrogens with one attached hydrogen (secondary N) is 4. The minimum absolute atomic E-state index is 0.0108. The van der Waals surface area contributed by atoms with Gasteiger partial charge in [-0.1, -0.05) is 13.8 Å². The number of amides is 4. The van der Waals surface area contributed by atoms with Crippen LogP contribution in [0.5, 0.6) is 0 Å². The van der Waals surface area contributed by atoms with Gasteiger partial charge in [0.1, 0.15) is 0 Å². The normalized spacial score (nSPS) is 9.38. The summed E-state index contributed by atoms with van der Waals surface area (Å²) < 4.78 is 0. The first kappa shape index (κ1) is 26.1. The maximum Gasteiger partial charge on any atom is 0.220 e. The smallest absolute Gasteiger partial charge is 0.220 e. The molecule has 0 saturated carbocycles. The van der Waals surface area contributed by atoms with Gasteiger partial charge in [0.05, 0.1) is 0 Å². The van der Waals surface area contributed by atoms with Crippen molar-refractivity contribution in [1.29, 1.82) is 0 Å². The summed E-state index contributed by atoms with van der Waals surface area (Å²) in [7, 11) is 3.19. The molecule has 0 aliphatic carbocycles. The second-order valence-electron chi connectivity index (χ2n) is 5.75. The highest BCUT2D eigenvalue weighted by Crippen LogP contribution is 1.95. The van der Waals surface area contributed by atoms with Gasteiger partial charge < -0.3 is 21.3 Å². The Hall–Kier alpha value is -2.12. The van der Waals surface area contributed by atoms with Crippen LogP contribution in [0.1, 0.15) is 65.2 Å². The topological polar surface area (TPSA) is 116 Å². The minimum atomic E-state index is -0.0108. The summed E-state index contributed by atoms with van der Waals surface area (Å²) in [6, 6.07) is 0. The minimum Gasteiger partial charge on any atom is -0.359 e. The van der Waals surface area contributed by atoms with Crippen LogP contribution in [0.3, 0.4) is 0 Å². The van der Waals surface area contributed by atoms with Crippen LogP contribution in [-0.4, -0.2) is 50.8 Å². The maximum absolute atomic E-state index is 11.0. The fourth-order valence-corrected chi connectivity index (χ4v) is 1.77. The molecule has 0 radical (unpaired) electrons. The molecule has 0 saturated heterocycles. The summed E-state index contributed by atoms with van der Waals surface area (Å²) in [5, 5.41) is 10.5. The van der Waals surface area contributed by atoms with E-state index in [0.717, 1.165) is 25.9 Å². The highest BCUT2D eigenvalue weighted by molar-refractivity contribution is 5.79. The molecular weight excluding hydrogens is 336 g/mol. The van der Waals surface area contributed by atoms with Crippen LogP contribution in [-0.2, 0) is 19.2 Å². The van der Waals surface area contributed by atoms with Gasteiger partial charge in [-0.3, -0.25) is 19.2 Å². The molecule has 0 fully saturated rings. The van der Waals surface area contributed by atoms with Gasteiger partial charge >= 0.3 is 0 Å². The average molecular weight is 373 g/mol. The van der Waals surface area contributed by atoms with Crippen molar-refractivity contribution in [1.82, 2.24) is 21.3 Å². The standard InChI is InChI=1S/2C9H18N2O2/c2*1-3-7-11-9(13)6-4-5-8(12)10-2/h2*3-7H2,1-2H3,(H,10,12)(H,11,13). The first-order valence-corrected chi connectivity index (χ1v) is 9.35. The molecule has 0 aliphatic rings. The molecule has 0 aromatic heterocycles. The summed E-state index contributed by atoms with van der Waals surface area (Å²) in [5.41, 5.74) is 0. The lowest BCUT2D eigenvalue weighted by Gasteiger charge is -2.02. The molecular formula is C18H36N4O4. The monoisotopic (exact) mass is 372 g/mol. The van der Waals surface area contributed by atoms with Gasteiger partial charge in [0.25, 0.3) is 0 Å². The first-order chi connectivity index (χ1) is 12.4. The molecule has 0 rings (SSSR count). The predicted octanol–water partition coefficient (Wildman–Crippen LogP) is 0.858. The molecule has 0 spiro atoms. The van der Waals surface area contributed by atoms with E-state index in [4.69, 9.17) is 0 Å². The van der Waals surface area contributed by atoms with Gasteiger partial charge in [0.15, 0.2) is 0 Å². The lowest BCUT2D eigenvalue weighted by molar-refractivity contribution is -0.123. The number of carbonyl (C=O) groups is 4. The lowest BCUT2D eigenvalue weighted by atomic mass is 10.2. The highest BCUT2D eigenvalue weighted by atomic mass is 16.2. The fourth-order valence-electron chi connectivity index (χ4n) is 1.77. The van der Waals surface area contributed by atoms with E-state index >= 15 is 0 Å². The van der Waals surface area contributed by atoms with E-state index < -0.39 is 0 Å². The molecule has 0 unspecified atom stereocenters. The SMILES string of the molecule is CCCNC(=O)CCCC(=O)NC.CCCNC(=O)CCCC(=O)NC. The molecule has 0 aliphatic heterocycles. The van der Waals surface area contributed by atoms with Crippen LogP contribution in [0.25, 0.3) is 0 Å². The molecule has 4 amide bonds. The van der Waals surface area contributed by atoms with E-state index in [2.05, 4.69) is 21.3 Å². The van der Waals surface area contributed by atoms with E-state index in [1.165, 1.54) is 0 Å². The zero-order chi connectivity index (χ0) is 20.2. The predicted molar refractivity (Wildman–Crippen MR) is 102 cm³/mol. The average Bonchev–Trinajstić information content (AvgIpc) is 2.64. The molecule has 0 heterocycles. The van der Waals surface area contributed by atoms with Gasteiger partial charge in [-0.2, -0.15) is 0 Å². The summed E-state index contributed by atoms with van der Waals surface area (Å²) in [5.74, 6) is 0.0445.